The van der Waals surface area contributed by atoms with Gasteiger partial charge in [0.25, 0.3) is 5.56 Å². The van der Waals surface area contributed by atoms with E-state index in [4.69, 9.17) is 0 Å². The molecular formula is C15H12FNOS. The number of fused-ring (bicyclic) bond motifs is 1. The summed E-state index contributed by atoms with van der Waals surface area (Å²) in [5, 5.41) is 2.66. The Morgan fingerprint density at radius 3 is 2.89 bits per heavy atom. The summed E-state index contributed by atoms with van der Waals surface area (Å²) in [5.41, 5.74) is 1.82. The van der Waals surface area contributed by atoms with E-state index >= 15 is 0 Å². The molecule has 3 aromatic rings. The maximum atomic E-state index is 13.1. The lowest BCUT2D eigenvalue weighted by molar-refractivity contribution is 0.624. The molecule has 2 nitrogen and oxygen atoms in total. The fraction of sp³-hybridized carbons (Fsp3) is 0.133. The van der Waals surface area contributed by atoms with Gasteiger partial charge in [0.15, 0.2) is 0 Å². The topological polar surface area (TPSA) is 22.0 Å². The van der Waals surface area contributed by atoms with Gasteiger partial charge in [0.05, 0.1) is 11.9 Å². The van der Waals surface area contributed by atoms with Crippen molar-refractivity contribution in [3.8, 4) is 0 Å². The molecule has 0 saturated heterocycles. The Bertz CT molecular complexity index is 803. The third kappa shape index (κ3) is 2.19. The van der Waals surface area contributed by atoms with Gasteiger partial charge in [0, 0.05) is 10.9 Å². The molecule has 4 heteroatoms. The first kappa shape index (κ1) is 12.1. The van der Waals surface area contributed by atoms with E-state index in [9.17, 15) is 9.18 Å². The summed E-state index contributed by atoms with van der Waals surface area (Å²) in [7, 11) is 0. The molecule has 0 spiro atoms. The van der Waals surface area contributed by atoms with Gasteiger partial charge in [-0.25, -0.2) is 4.39 Å². The van der Waals surface area contributed by atoms with E-state index in [2.05, 4.69) is 0 Å². The zero-order valence-electron chi connectivity index (χ0n) is 10.4. The van der Waals surface area contributed by atoms with Crippen molar-refractivity contribution in [2.24, 2.45) is 0 Å². The normalized spacial score (nSPS) is 11.1. The Balaban J connectivity index is 2.05. The minimum absolute atomic E-state index is 0.00229. The van der Waals surface area contributed by atoms with Crippen molar-refractivity contribution in [1.82, 2.24) is 4.57 Å². The number of benzene rings is 1. The van der Waals surface area contributed by atoms with Crippen LogP contribution >= 0.6 is 11.3 Å². The molecule has 0 aliphatic carbocycles. The molecule has 0 amide bonds. The fourth-order valence-corrected chi connectivity index (χ4v) is 2.92. The van der Waals surface area contributed by atoms with E-state index in [1.54, 1.807) is 28.2 Å². The molecule has 0 N–H and O–H groups in total. The summed E-state index contributed by atoms with van der Waals surface area (Å²) in [6, 6.07) is 8.44. The van der Waals surface area contributed by atoms with Gasteiger partial charge in [0.2, 0.25) is 0 Å². The van der Waals surface area contributed by atoms with Gasteiger partial charge in [-0.05, 0) is 47.7 Å². The Morgan fingerprint density at radius 2 is 2.11 bits per heavy atom. The molecule has 0 fully saturated rings. The number of nitrogens with zero attached hydrogens (tertiary/aromatic N) is 1. The average Bonchev–Trinajstić information content (AvgIpc) is 2.85. The first-order valence-corrected chi connectivity index (χ1v) is 6.85. The minimum atomic E-state index is -0.248. The molecule has 0 bridgehead atoms. The van der Waals surface area contributed by atoms with Crippen LogP contribution in [0.15, 0.2) is 46.7 Å². The van der Waals surface area contributed by atoms with E-state index in [0.717, 1.165) is 21.2 Å². The van der Waals surface area contributed by atoms with Crippen LogP contribution in [0.3, 0.4) is 0 Å². The lowest BCUT2D eigenvalue weighted by Crippen LogP contribution is -2.19. The van der Waals surface area contributed by atoms with Crippen LogP contribution in [0.1, 0.15) is 11.1 Å². The molecule has 0 aliphatic rings. The maximum absolute atomic E-state index is 13.1. The van der Waals surface area contributed by atoms with Crippen LogP contribution in [0.4, 0.5) is 4.39 Å². The molecule has 2 heterocycles. The lowest BCUT2D eigenvalue weighted by atomic mass is 10.1. The molecular weight excluding hydrogens is 261 g/mol. The number of rotatable bonds is 2. The van der Waals surface area contributed by atoms with Crippen molar-refractivity contribution in [3.63, 3.8) is 0 Å². The highest BCUT2D eigenvalue weighted by molar-refractivity contribution is 7.17. The predicted molar refractivity (Wildman–Crippen MR) is 76.3 cm³/mol. The summed E-state index contributed by atoms with van der Waals surface area (Å²) in [4.78, 5) is 12.3. The van der Waals surface area contributed by atoms with Gasteiger partial charge in [-0.15, -0.1) is 11.3 Å². The third-order valence-corrected chi connectivity index (χ3v) is 4.12. The van der Waals surface area contributed by atoms with E-state index in [1.165, 1.54) is 12.1 Å². The summed E-state index contributed by atoms with van der Waals surface area (Å²) < 4.78 is 15.7. The predicted octanol–water partition coefficient (Wildman–Crippen LogP) is 3.56. The standard InChI is InChI=1S/C15H12FNOS/c1-10-8-12(16)3-2-11(10)9-17-6-4-14-13(15(17)18)5-7-19-14/h2-8H,9H2,1H3. The van der Waals surface area contributed by atoms with Crippen LogP contribution in [0.5, 0.6) is 0 Å². The van der Waals surface area contributed by atoms with Crippen molar-refractivity contribution < 1.29 is 4.39 Å². The molecule has 96 valence electrons. The molecule has 0 saturated carbocycles. The monoisotopic (exact) mass is 273 g/mol. The molecule has 19 heavy (non-hydrogen) atoms. The summed E-state index contributed by atoms with van der Waals surface area (Å²) in [5.74, 6) is -0.248. The fourth-order valence-electron chi connectivity index (χ4n) is 2.15. The van der Waals surface area contributed by atoms with Gasteiger partial charge in [-0.3, -0.25) is 4.79 Å². The van der Waals surface area contributed by atoms with Gasteiger partial charge < -0.3 is 4.57 Å². The Morgan fingerprint density at radius 1 is 1.26 bits per heavy atom. The molecule has 0 atom stereocenters. The van der Waals surface area contributed by atoms with Gasteiger partial charge >= 0.3 is 0 Å². The van der Waals surface area contributed by atoms with Crippen molar-refractivity contribution in [3.05, 3.63) is 69.2 Å². The highest BCUT2D eigenvalue weighted by Crippen LogP contribution is 2.17. The summed E-state index contributed by atoms with van der Waals surface area (Å²) in [6.45, 7) is 2.32. The molecule has 3 rings (SSSR count). The lowest BCUT2D eigenvalue weighted by Gasteiger charge is -2.09. The molecule has 0 unspecified atom stereocenters. The van der Waals surface area contributed by atoms with E-state index in [1.807, 2.05) is 24.4 Å². The molecule has 1 aromatic carbocycles. The first-order chi connectivity index (χ1) is 9.15. The Kier molecular flexibility index (Phi) is 2.95. The number of aromatic nitrogens is 1. The number of hydrogen-bond donors (Lipinski definition) is 0. The number of aryl methyl sites for hydroxylation is 1. The van der Waals surface area contributed by atoms with Crippen molar-refractivity contribution in [2.45, 2.75) is 13.5 Å². The zero-order chi connectivity index (χ0) is 13.4. The van der Waals surface area contributed by atoms with Gasteiger partial charge in [-0.1, -0.05) is 6.07 Å². The number of hydrogen-bond acceptors (Lipinski definition) is 2. The highest BCUT2D eigenvalue weighted by atomic mass is 32.1. The van der Waals surface area contributed by atoms with Crippen LogP contribution in [0, 0.1) is 12.7 Å². The third-order valence-electron chi connectivity index (χ3n) is 3.24. The molecule has 0 radical (unpaired) electrons. The van der Waals surface area contributed by atoms with Crippen LogP contribution < -0.4 is 5.56 Å². The second kappa shape index (κ2) is 4.63. The average molecular weight is 273 g/mol. The van der Waals surface area contributed by atoms with Crippen LogP contribution in [-0.4, -0.2) is 4.57 Å². The number of pyridine rings is 1. The quantitative estimate of drug-likeness (QED) is 0.699. The molecule has 2 aromatic heterocycles. The van der Waals surface area contributed by atoms with E-state index in [-0.39, 0.29) is 11.4 Å². The van der Waals surface area contributed by atoms with Crippen molar-refractivity contribution >= 4 is 21.4 Å². The Labute approximate surface area is 113 Å². The first-order valence-electron chi connectivity index (χ1n) is 5.97. The van der Waals surface area contributed by atoms with Gasteiger partial charge in [-0.2, -0.15) is 0 Å². The maximum Gasteiger partial charge on any atom is 0.259 e. The minimum Gasteiger partial charge on any atom is -0.310 e. The summed E-state index contributed by atoms with van der Waals surface area (Å²) >= 11 is 1.56. The number of thiophene rings is 1. The number of halogens is 1. The van der Waals surface area contributed by atoms with Crippen LogP contribution in [-0.2, 0) is 6.54 Å². The van der Waals surface area contributed by atoms with E-state index < -0.39 is 0 Å². The van der Waals surface area contributed by atoms with Crippen LogP contribution in [0.25, 0.3) is 10.1 Å². The largest absolute Gasteiger partial charge is 0.310 e. The van der Waals surface area contributed by atoms with Gasteiger partial charge in [0.1, 0.15) is 5.82 Å². The second-order valence-electron chi connectivity index (χ2n) is 4.52. The smallest absolute Gasteiger partial charge is 0.259 e. The van der Waals surface area contributed by atoms with E-state index in [0.29, 0.717) is 6.54 Å². The second-order valence-corrected chi connectivity index (χ2v) is 5.47. The summed E-state index contributed by atoms with van der Waals surface area (Å²) in [6.07, 6.45) is 1.80. The van der Waals surface area contributed by atoms with Crippen molar-refractivity contribution in [1.29, 1.82) is 0 Å². The Hall–Kier alpha value is -1.94. The van der Waals surface area contributed by atoms with Crippen molar-refractivity contribution in [2.75, 3.05) is 0 Å². The highest BCUT2D eigenvalue weighted by Gasteiger charge is 2.06. The SMILES string of the molecule is Cc1cc(F)ccc1Cn1ccc2sccc2c1=O. The zero-order valence-corrected chi connectivity index (χ0v) is 11.2. The molecule has 0 aliphatic heterocycles. The van der Waals surface area contributed by atoms with Crippen LogP contribution in [0.2, 0.25) is 0 Å².